The van der Waals surface area contributed by atoms with Crippen molar-refractivity contribution in [2.75, 3.05) is 26.2 Å². The Bertz CT molecular complexity index is 294. The van der Waals surface area contributed by atoms with Crippen molar-refractivity contribution in [3.05, 3.63) is 0 Å². The van der Waals surface area contributed by atoms with E-state index in [9.17, 15) is 0 Å². The number of halogens is 1. The maximum atomic E-state index is 5.64. The number of rotatable bonds is 6. The van der Waals surface area contributed by atoms with Gasteiger partial charge in [0.25, 0.3) is 0 Å². The molecule has 2 N–H and O–H groups in total. The predicted molar refractivity (Wildman–Crippen MR) is 94.9 cm³/mol. The summed E-state index contributed by atoms with van der Waals surface area (Å²) in [4.78, 5) is 4.78. The molecule has 1 atom stereocenters. The van der Waals surface area contributed by atoms with Crippen LogP contribution in [0, 0.1) is 5.41 Å². The zero-order valence-corrected chi connectivity index (χ0v) is 15.2. The lowest BCUT2D eigenvalue weighted by Crippen LogP contribution is -2.42. The van der Waals surface area contributed by atoms with Crippen LogP contribution in [0.5, 0.6) is 0 Å². The van der Waals surface area contributed by atoms with Gasteiger partial charge in [0.15, 0.2) is 5.96 Å². The predicted octanol–water partition coefficient (Wildman–Crippen LogP) is 2.92. The highest BCUT2D eigenvalue weighted by Gasteiger charge is 2.34. The van der Waals surface area contributed by atoms with E-state index in [4.69, 9.17) is 9.73 Å². The molecular weight excluding hydrogens is 365 g/mol. The van der Waals surface area contributed by atoms with Crippen LogP contribution in [0.4, 0.5) is 0 Å². The van der Waals surface area contributed by atoms with E-state index in [1.54, 1.807) is 0 Å². The molecule has 20 heavy (non-hydrogen) atoms. The van der Waals surface area contributed by atoms with Gasteiger partial charge in [-0.25, -0.2) is 0 Å². The first kappa shape index (κ1) is 18.0. The molecule has 0 amide bonds. The van der Waals surface area contributed by atoms with Gasteiger partial charge in [-0.15, -0.1) is 24.0 Å². The van der Waals surface area contributed by atoms with Gasteiger partial charge in [0.2, 0.25) is 0 Å². The normalized spacial score (nSPS) is 24.7. The van der Waals surface area contributed by atoms with E-state index in [0.717, 1.165) is 32.2 Å². The van der Waals surface area contributed by atoms with Crippen molar-refractivity contribution in [1.29, 1.82) is 0 Å². The number of ether oxygens (including phenoxy) is 1. The van der Waals surface area contributed by atoms with Crippen molar-refractivity contribution >= 4 is 29.9 Å². The summed E-state index contributed by atoms with van der Waals surface area (Å²) in [6.45, 7) is 8.08. The minimum atomic E-state index is 0. The summed E-state index contributed by atoms with van der Waals surface area (Å²) in [5, 5.41) is 6.76. The van der Waals surface area contributed by atoms with Crippen molar-refractivity contribution in [1.82, 2.24) is 10.6 Å². The Morgan fingerprint density at radius 3 is 2.55 bits per heavy atom. The van der Waals surface area contributed by atoms with Crippen LogP contribution >= 0.6 is 24.0 Å². The molecule has 0 aromatic rings. The third kappa shape index (κ3) is 5.06. The van der Waals surface area contributed by atoms with E-state index in [-0.39, 0.29) is 24.0 Å². The van der Waals surface area contributed by atoms with E-state index in [0.29, 0.717) is 11.5 Å². The average molecular weight is 395 g/mol. The molecule has 0 spiro atoms. The maximum absolute atomic E-state index is 5.64. The van der Waals surface area contributed by atoms with Crippen molar-refractivity contribution < 1.29 is 4.74 Å². The standard InChI is InChI=1S/C15H29N3O.HI/c1-3-15(8-6-9-15)12-18-14(16-4-2)17-11-13-7-5-10-19-13;/h13H,3-12H2,1-2H3,(H2,16,17,18);1H. The Morgan fingerprint density at radius 2 is 2.05 bits per heavy atom. The zero-order chi connectivity index (χ0) is 13.6. The fraction of sp³-hybridized carbons (Fsp3) is 0.933. The smallest absolute Gasteiger partial charge is 0.191 e. The van der Waals surface area contributed by atoms with Gasteiger partial charge in [-0.3, -0.25) is 4.99 Å². The third-order valence-corrected chi connectivity index (χ3v) is 4.60. The SMILES string of the molecule is CCNC(=NCC1(CC)CCC1)NCC1CCCO1.I. The number of hydrogen-bond donors (Lipinski definition) is 2. The van der Waals surface area contributed by atoms with Gasteiger partial charge in [0.05, 0.1) is 6.10 Å². The minimum Gasteiger partial charge on any atom is -0.376 e. The second kappa shape index (κ2) is 9.07. The summed E-state index contributed by atoms with van der Waals surface area (Å²) in [5.74, 6) is 0.956. The summed E-state index contributed by atoms with van der Waals surface area (Å²) in [5.41, 5.74) is 0.492. The highest BCUT2D eigenvalue weighted by Crippen LogP contribution is 2.43. The molecule has 0 radical (unpaired) electrons. The first-order chi connectivity index (χ1) is 9.28. The molecule has 118 valence electrons. The minimum absolute atomic E-state index is 0. The molecule has 2 rings (SSSR count). The largest absolute Gasteiger partial charge is 0.376 e. The van der Waals surface area contributed by atoms with E-state index < -0.39 is 0 Å². The summed E-state index contributed by atoms with van der Waals surface area (Å²) in [6.07, 6.45) is 8.05. The number of nitrogens with zero attached hydrogens (tertiary/aromatic N) is 1. The molecule has 2 aliphatic rings. The van der Waals surface area contributed by atoms with E-state index >= 15 is 0 Å². The van der Waals surface area contributed by atoms with Crippen molar-refractivity contribution in [2.24, 2.45) is 10.4 Å². The lowest BCUT2D eigenvalue weighted by molar-refractivity contribution is 0.113. The highest BCUT2D eigenvalue weighted by atomic mass is 127. The third-order valence-electron chi connectivity index (χ3n) is 4.60. The van der Waals surface area contributed by atoms with E-state index in [1.165, 1.54) is 38.5 Å². The van der Waals surface area contributed by atoms with Gasteiger partial charge in [-0.1, -0.05) is 13.3 Å². The van der Waals surface area contributed by atoms with Crippen LogP contribution in [0.2, 0.25) is 0 Å². The highest BCUT2D eigenvalue weighted by molar-refractivity contribution is 14.0. The second-order valence-corrected chi connectivity index (χ2v) is 5.92. The first-order valence-corrected chi connectivity index (χ1v) is 7.92. The van der Waals surface area contributed by atoms with Gasteiger partial charge in [0, 0.05) is 26.2 Å². The van der Waals surface area contributed by atoms with Crippen LogP contribution in [0.1, 0.15) is 52.4 Å². The van der Waals surface area contributed by atoms with Crippen molar-refractivity contribution in [3.8, 4) is 0 Å². The molecule has 4 nitrogen and oxygen atoms in total. The molecule has 1 aliphatic heterocycles. The van der Waals surface area contributed by atoms with Gasteiger partial charge in [-0.05, 0) is 44.4 Å². The molecule has 1 unspecified atom stereocenters. The number of aliphatic imine (C=N–C) groups is 1. The molecular formula is C15H30IN3O. The van der Waals surface area contributed by atoms with Crippen LogP contribution < -0.4 is 10.6 Å². The molecule has 1 saturated heterocycles. The molecule has 0 bridgehead atoms. The quantitative estimate of drug-likeness (QED) is 0.413. The summed E-state index contributed by atoms with van der Waals surface area (Å²) in [6, 6.07) is 0. The van der Waals surface area contributed by atoms with Gasteiger partial charge in [-0.2, -0.15) is 0 Å². The van der Waals surface area contributed by atoms with Crippen LogP contribution in [-0.4, -0.2) is 38.3 Å². The zero-order valence-electron chi connectivity index (χ0n) is 12.9. The monoisotopic (exact) mass is 395 g/mol. The summed E-state index contributed by atoms with van der Waals surface area (Å²) >= 11 is 0. The molecule has 1 aliphatic carbocycles. The van der Waals surface area contributed by atoms with E-state index in [2.05, 4.69) is 24.5 Å². The van der Waals surface area contributed by atoms with Gasteiger partial charge >= 0.3 is 0 Å². The van der Waals surface area contributed by atoms with Gasteiger partial charge < -0.3 is 15.4 Å². The second-order valence-electron chi connectivity index (χ2n) is 5.92. The maximum Gasteiger partial charge on any atom is 0.191 e. The van der Waals surface area contributed by atoms with Crippen molar-refractivity contribution in [2.45, 2.75) is 58.5 Å². The molecule has 5 heteroatoms. The summed E-state index contributed by atoms with van der Waals surface area (Å²) < 4.78 is 5.64. The Balaban J connectivity index is 0.00000200. The molecule has 1 heterocycles. The van der Waals surface area contributed by atoms with Crippen LogP contribution in [0.3, 0.4) is 0 Å². The van der Waals surface area contributed by atoms with Crippen LogP contribution in [0.25, 0.3) is 0 Å². The lowest BCUT2D eigenvalue weighted by atomic mass is 9.67. The van der Waals surface area contributed by atoms with Crippen LogP contribution in [0.15, 0.2) is 4.99 Å². The molecule has 1 saturated carbocycles. The Morgan fingerprint density at radius 1 is 1.25 bits per heavy atom. The lowest BCUT2D eigenvalue weighted by Gasteiger charge is -2.40. The average Bonchev–Trinajstić information content (AvgIpc) is 2.88. The van der Waals surface area contributed by atoms with Crippen molar-refractivity contribution in [3.63, 3.8) is 0 Å². The number of nitrogens with one attached hydrogen (secondary N) is 2. The topological polar surface area (TPSA) is 45.7 Å². The Labute approximate surface area is 140 Å². The van der Waals surface area contributed by atoms with E-state index in [1.807, 2.05) is 0 Å². The molecule has 0 aromatic carbocycles. The molecule has 0 aromatic heterocycles. The molecule has 2 fully saturated rings. The first-order valence-electron chi connectivity index (χ1n) is 7.92. The van der Waals surface area contributed by atoms with Gasteiger partial charge in [0.1, 0.15) is 0 Å². The Hall–Kier alpha value is -0.0400. The number of hydrogen-bond acceptors (Lipinski definition) is 2. The summed E-state index contributed by atoms with van der Waals surface area (Å²) in [7, 11) is 0. The fourth-order valence-electron chi connectivity index (χ4n) is 2.90. The fourth-order valence-corrected chi connectivity index (χ4v) is 2.90. The van der Waals surface area contributed by atoms with Crippen LogP contribution in [-0.2, 0) is 4.74 Å². The number of guanidine groups is 1. The Kier molecular flexibility index (Phi) is 8.17.